The van der Waals surface area contributed by atoms with E-state index in [-0.39, 0.29) is 5.41 Å². The average molecular weight is 225 g/mol. The molecule has 1 N–H and O–H groups in total. The van der Waals surface area contributed by atoms with Crippen molar-refractivity contribution in [1.82, 2.24) is 0 Å². The highest BCUT2D eigenvalue weighted by molar-refractivity contribution is 8.03. The Hall–Kier alpha value is -0.950. The Labute approximate surface area is 94.2 Å². The van der Waals surface area contributed by atoms with E-state index in [1.807, 2.05) is 20.8 Å². The molecule has 1 aliphatic rings. The predicted octanol–water partition coefficient (Wildman–Crippen LogP) is 2.65. The molecule has 0 aromatic rings. The summed E-state index contributed by atoms with van der Waals surface area (Å²) in [5.41, 5.74) is -1.05. The topological polar surface area (TPSA) is 61.1 Å². The number of carboxylic acids is 1. The molecule has 1 saturated carbocycles. The maximum absolute atomic E-state index is 11.2. The van der Waals surface area contributed by atoms with Crippen LogP contribution in [-0.4, -0.2) is 16.8 Å². The smallest absolute Gasteiger partial charge is 0.314 e. The number of thioether (sulfide) groups is 1. The molecular formula is C11H15NO2S. The van der Waals surface area contributed by atoms with Gasteiger partial charge < -0.3 is 5.11 Å². The second-order valence-corrected chi connectivity index (χ2v) is 5.70. The van der Waals surface area contributed by atoms with Gasteiger partial charge in [0.2, 0.25) is 0 Å². The van der Waals surface area contributed by atoms with Gasteiger partial charge >= 0.3 is 5.97 Å². The Morgan fingerprint density at radius 1 is 1.67 bits per heavy atom. The van der Waals surface area contributed by atoms with Crippen LogP contribution in [0, 0.1) is 22.2 Å². The number of hydrogen-bond acceptors (Lipinski definition) is 3. The van der Waals surface area contributed by atoms with Crippen LogP contribution in [0.3, 0.4) is 0 Å². The quantitative estimate of drug-likeness (QED) is 0.747. The predicted molar refractivity (Wildman–Crippen MR) is 60.3 cm³/mol. The largest absolute Gasteiger partial charge is 0.481 e. The van der Waals surface area contributed by atoms with Gasteiger partial charge in [-0.1, -0.05) is 20.8 Å². The number of aliphatic carboxylic acids is 1. The molecule has 0 radical (unpaired) electrons. The molecule has 1 rings (SSSR count). The lowest BCUT2D eigenvalue weighted by Gasteiger charge is -2.11. The van der Waals surface area contributed by atoms with Gasteiger partial charge in [0, 0.05) is 0 Å². The molecule has 1 aliphatic carbocycles. The van der Waals surface area contributed by atoms with Gasteiger partial charge in [0.1, 0.15) is 6.07 Å². The van der Waals surface area contributed by atoms with Crippen LogP contribution in [0.15, 0.2) is 11.0 Å². The Morgan fingerprint density at radius 3 is 2.47 bits per heavy atom. The lowest BCUT2D eigenvalue weighted by atomic mass is 9.95. The number of nitriles is 1. The third-order valence-corrected chi connectivity index (χ3v) is 3.78. The first kappa shape index (κ1) is 12.1. The second kappa shape index (κ2) is 3.90. The molecule has 1 fully saturated rings. The van der Waals surface area contributed by atoms with Gasteiger partial charge in [-0.25, -0.2) is 0 Å². The summed E-state index contributed by atoms with van der Waals surface area (Å²) in [4.78, 5) is 11.7. The standard InChI is InChI=1S/C11H15NO2S/c1-4-15-8(6-12)5-11(9(13)14)7-10(11,2)3/h5H,4,7H2,1-3H3,(H,13,14). The minimum absolute atomic E-state index is 0.227. The number of carboxylic acid groups (broad SMARTS) is 1. The Kier molecular flexibility index (Phi) is 3.15. The SMILES string of the molecule is CCSC(C#N)=CC1(C(=O)O)CC1(C)C. The molecular weight excluding hydrogens is 210 g/mol. The van der Waals surface area contributed by atoms with E-state index >= 15 is 0 Å². The fourth-order valence-corrected chi connectivity index (χ4v) is 2.47. The summed E-state index contributed by atoms with van der Waals surface area (Å²) >= 11 is 1.40. The molecule has 0 amide bonds. The van der Waals surface area contributed by atoms with E-state index in [9.17, 15) is 9.90 Å². The van der Waals surface area contributed by atoms with Crippen LogP contribution in [0.4, 0.5) is 0 Å². The molecule has 0 aliphatic heterocycles. The van der Waals surface area contributed by atoms with Gasteiger partial charge in [-0.2, -0.15) is 5.26 Å². The molecule has 0 saturated heterocycles. The Balaban J connectivity index is 2.97. The normalized spacial score (nSPS) is 28.3. The maximum atomic E-state index is 11.2. The second-order valence-electron chi connectivity index (χ2n) is 4.39. The van der Waals surface area contributed by atoms with Crippen molar-refractivity contribution >= 4 is 17.7 Å². The van der Waals surface area contributed by atoms with Crippen molar-refractivity contribution in [2.24, 2.45) is 10.8 Å². The minimum atomic E-state index is -0.822. The third-order valence-electron chi connectivity index (χ3n) is 2.97. The minimum Gasteiger partial charge on any atom is -0.481 e. The van der Waals surface area contributed by atoms with E-state index in [4.69, 9.17) is 5.26 Å². The monoisotopic (exact) mass is 225 g/mol. The molecule has 3 nitrogen and oxygen atoms in total. The molecule has 0 spiro atoms. The zero-order chi connectivity index (χ0) is 11.7. The summed E-state index contributed by atoms with van der Waals surface area (Å²) in [6, 6.07) is 2.05. The highest BCUT2D eigenvalue weighted by atomic mass is 32.2. The molecule has 4 heteroatoms. The summed E-state index contributed by atoms with van der Waals surface area (Å²) in [5.74, 6) is -0.0350. The zero-order valence-electron chi connectivity index (χ0n) is 9.20. The van der Waals surface area contributed by atoms with E-state index in [1.54, 1.807) is 6.08 Å². The molecule has 15 heavy (non-hydrogen) atoms. The van der Waals surface area contributed by atoms with Crippen LogP contribution in [0.5, 0.6) is 0 Å². The first-order valence-electron chi connectivity index (χ1n) is 4.89. The third kappa shape index (κ3) is 2.03. The maximum Gasteiger partial charge on any atom is 0.314 e. The summed E-state index contributed by atoms with van der Waals surface area (Å²) in [6.45, 7) is 5.79. The number of hydrogen-bond donors (Lipinski definition) is 1. The number of nitrogens with zero attached hydrogens (tertiary/aromatic N) is 1. The van der Waals surface area contributed by atoms with Gasteiger partial charge in [-0.15, -0.1) is 11.8 Å². The average Bonchev–Trinajstić information content (AvgIpc) is 2.69. The van der Waals surface area contributed by atoms with E-state index in [1.165, 1.54) is 11.8 Å². The fraction of sp³-hybridized carbons (Fsp3) is 0.636. The Morgan fingerprint density at radius 2 is 2.20 bits per heavy atom. The van der Waals surface area contributed by atoms with Crippen molar-refractivity contribution in [3.63, 3.8) is 0 Å². The van der Waals surface area contributed by atoms with E-state index in [2.05, 4.69) is 6.07 Å². The highest BCUT2D eigenvalue weighted by Gasteiger charge is 2.65. The van der Waals surface area contributed by atoms with Crippen LogP contribution in [0.1, 0.15) is 27.2 Å². The first-order chi connectivity index (χ1) is 6.89. The van der Waals surface area contributed by atoms with Crippen LogP contribution >= 0.6 is 11.8 Å². The summed E-state index contributed by atoms with van der Waals surface area (Å²) < 4.78 is 0. The van der Waals surface area contributed by atoms with Crippen molar-refractivity contribution in [2.75, 3.05) is 5.75 Å². The zero-order valence-corrected chi connectivity index (χ0v) is 10.0. The Bertz CT molecular complexity index is 354. The molecule has 82 valence electrons. The van der Waals surface area contributed by atoms with E-state index < -0.39 is 11.4 Å². The first-order valence-corrected chi connectivity index (χ1v) is 5.87. The molecule has 1 unspecified atom stereocenters. The number of carbonyl (C=O) groups is 1. The van der Waals surface area contributed by atoms with Gasteiger partial charge in [0.05, 0.1) is 10.3 Å². The van der Waals surface area contributed by atoms with Gasteiger partial charge in [0.15, 0.2) is 0 Å². The van der Waals surface area contributed by atoms with E-state index in [0.29, 0.717) is 11.3 Å². The lowest BCUT2D eigenvalue weighted by Crippen LogP contribution is -2.18. The lowest BCUT2D eigenvalue weighted by molar-refractivity contribution is -0.142. The highest BCUT2D eigenvalue weighted by Crippen LogP contribution is 2.65. The molecule has 0 aromatic heterocycles. The molecule has 0 aromatic carbocycles. The van der Waals surface area contributed by atoms with Crippen LogP contribution in [-0.2, 0) is 4.79 Å². The fourth-order valence-electron chi connectivity index (χ4n) is 1.81. The van der Waals surface area contributed by atoms with Gasteiger partial charge in [-0.05, 0) is 23.7 Å². The van der Waals surface area contributed by atoms with Crippen LogP contribution in [0.25, 0.3) is 0 Å². The van der Waals surface area contributed by atoms with Crippen LogP contribution in [0.2, 0.25) is 0 Å². The molecule has 1 atom stereocenters. The molecule has 0 heterocycles. The van der Waals surface area contributed by atoms with Crippen molar-refractivity contribution in [3.8, 4) is 6.07 Å². The van der Waals surface area contributed by atoms with Crippen molar-refractivity contribution in [3.05, 3.63) is 11.0 Å². The molecule has 0 bridgehead atoms. The van der Waals surface area contributed by atoms with Crippen molar-refractivity contribution in [1.29, 1.82) is 5.26 Å². The summed E-state index contributed by atoms with van der Waals surface area (Å²) in [7, 11) is 0. The van der Waals surface area contributed by atoms with Gasteiger partial charge in [-0.3, -0.25) is 4.79 Å². The number of allylic oxidation sites excluding steroid dienone is 1. The summed E-state index contributed by atoms with van der Waals surface area (Å²) in [5, 5.41) is 18.1. The van der Waals surface area contributed by atoms with E-state index in [0.717, 1.165) is 5.75 Å². The summed E-state index contributed by atoms with van der Waals surface area (Å²) in [6.07, 6.45) is 2.24. The van der Waals surface area contributed by atoms with Crippen molar-refractivity contribution in [2.45, 2.75) is 27.2 Å². The van der Waals surface area contributed by atoms with Crippen LogP contribution < -0.4 is 0 Å². The van der Waals surface area contributed by atoms with Gasteiger partial charge in [0.25, 0.3) is 0 Å². The van der Waals surface area contributed by atoms with Crippen molar-refractivity contribution < 1.29 is 9.90 Å². The number of rotatable bonds is 4.